The number of hydrogen-bond donors (Lipinski definition) is 0. The van der Waals surface area contributed by atoms with Crippen LogP contribution in [0.2, 0.25) is 0 Å². The highest BCUT2D eigenvalue weighted by molar-refractivity contribution is 7.99. The topological polar surface area (TPSA) is 30.7 Å². The fraction of sp³-hybridized carbons (Fsp3) is 0.600. The molecule has 0 bridgehead atoms. The number of thioether (sulfide) groups is 1. The number of halogens is 1. The maximum absolute atomic E-state index is 6.10. The molecule has 108 valence electrons. The summed E-state index contributed by atoms with van der Waals surface area (Å²) in [7, 11) is 0. The van der Waals surface area contributed by atoms with Gasteiger partial charge in [0.15, 0.2) is 5.65 Å². The van der Waals surface area contributed by atoms with Crippen LogP contribution in [0.3, 0.4) is 0 Å². The van der Waals surface area contributed by atoms with Crippen LogP contribution in [0.15, 0.2) is 12.3 Å². The van der Waals surface area contributed by atoms with Crippen molar-refractivity contribution in [1.29, 1.82) is 0 Å². The summed E-state index contributed by atoms with van der Waals surface area (Å²) in [5, 5.41) is 0.774. The second-order valence-electron chi connectivity index (χ2n) is 5.43. The molecule has 0 aliphatic heterocycles. The van der Waals surface area contributed by atoms with Crippen LogP contribution >= 0.6 is 23.4 Å². The normalized spacial score (nSPS) is 22.8. The van der Waals surface area contributed by atoms with E-state index in [1.54, 1.807) is 0 Å². The Balaban J connectivity index is 1.98. The second-order valence-corrected chi connectivity index (χ2v) is 7.28. The Bertz CT molecular complexity index is 610. The Labute approximate surface area is 129 Å². The van der Waals surface area contributed by atoms with E-state index in [0.717, 1.165) is 27.8 Å². The number of imidazole rings is 1. The number of fused-ring (bicyclic) bond motifs is 1. The molecular formula is C15H20ClN3S. The van der Waals surface area contributed by atoms with Gasteiger partial charge >= 0.3 is 0 Å². The van der Waals surface area contributed by atoms with E-state index in [0.29, 0.717) is 11.9 Å². The Hall–Kier alpha value is -0.740. The molecule has 2 aromatic rings. The molecule has 5 heteroatoms. The summed E-state index contributed by atoms with van der Waals surface area (Å²) >= 11 is 8.18. The molecule has 0 aromatic carbocycles. The second kappa shape index (κ2) is 5.94. The summed E-state index contributed by atoms with van der Waals surface area (Å²) < 4.78 is 2.29. The molecule has 0 N–H and O–H groups in total. The van der Waals surface area contributed by atoms with Gasteiger partial charge in [-0.3, -0.25) is 0 Å². The highest BCUT2D eigenvalue weighted by Gasteiger charge is 2.29. The minimum atomic E-state index is 0.456. The number of aryl methyl sites for hydroxylation is 1. The fourth-order valence-electron chi connectivity index (χ4n) is 3.15. The molecule has 2 heterocycles. The number of aromatic nitrogens is 3. The summed E-state index contributed by atoms with van der Waals surface area (Å²) in [6, 6.07) is 2.61. The van der Waals surface area contributed by atoms with Gasteiger partial charge in [-0.15, -0.1) is 11.6 Å². The van der Waals surface area contributed by atoms with Crippen molar-refractivity contribution < 1.29 is 0 Å². The van der Waals surface area contributed by atoms with E-state index in [4.69, 9.17) is 11.6 Å². The molecule has 3 nitrogen and oxygen atoms in total. The number of rotatable bonds is 4. The average molecular weight is 310 g/mol. The lowest BCUT2D eigenvalue weighted by molar-refractivity contribution is 0.516. The predicted octanol–water partition coefficient (Wildman–Crippen LogP) is 4.33. The largest absolute Gasteiger partial charge is 0.309 e. The lowest BCUT2D eigenvalue weighted by atomic mass is 10.2. The van der Waals surface area contributed by atoms with Gasteiger partial charge in [-0.05, 0) is 43.6 Å². The summed E-state index contributed by atoms with van der Waals surface area (Å²) in [6.45, 7) is 4.29. The third-order valence-electron chi connectivity index (χ3n) is 3.98. The number of alkyl halides is 1. The number of nitrogens with zero attached hydrogens (tertiary/aromatic N) is 3. The maximum Gasteiger partial charge on any atom is 0.160 e. The van der Waals surface area contributed by atoms with Crippen LogP contribution in [-0.2, 0) is 5.88 Å². The molecule has 1 aliphatic carbocycles. The van der Waals surface area contributed by atoms with E-state index in [1.807, 2.05) is 6.20 Å². The van der Waals surface area contributed by atoms with Crippen molar-refractivity contribution in [2.75, 3.05) is 5.75 Å². The lowest BCUT2D eigenvalue weighted by Crippen LogP contribution is -2.10. The van der Waals surface area contributed by atoms with Crippen LogP contribution in [0.5, 0.6) is 0 Å². The van der Waals surface area contributed by atoms with Crippen molar-refractivity contribution in [1.82, 2.24) is 14.5 Å². The Morgan fingerprint density at radius 3 is 3.05 bits per heavy atom. The number of hydrogen-bond acceptors (Lipinski definition) is 3. The number of pyridine rings is 1. The van der Waals surface area contributed by atoms with Crippen molar-refractivity contribution in [3.05, 3.63) is 23.7 Å². The molecule has 1 saturated carbocycles. The van der Waals surface area contributed by atoms with Gasteiger partial charge in [0.05, 0.1) is 5.88 Å². The zero-order valence-corrected chi connectivity index (χ0v) is 13.5. The van der Waals surface area contributed by atoms with Crippen LogP contribution in [0.4, 0.5) is 0 Å². The van der Waals surface area contributed by atoms with Gasteiger partial charge in [0.25, 0.3) is 0 Å². The highest BCUT2D eigenvalue weighted by atomic mass is 35.5. The Morgan fingerprint density at radius 2 is 2.30 bits per heavy atom. The van der Waals surface area contributed by atoms with E-state index in [2.05, 4.69) is 46.2 Å². The molecule has 1 aliphatic rings. The van der Waals surface area contributed by atoms with Crippen molar-refractivity contribution in [2.24, 2.45) is 0 Å². The molecule has 3 rings (SSSR count). The van der Waals surface area contributed by atoms with E-state index < -0.39 is 0 Å². The fourth-order valence-corrected chi connectivity index (χ4v) is 4.47. The predicted molar refractivity (Wildman–Crippen MR) is 86.6 cm³/mol. The van der Waals surface area contributed by atoms with Gasteiger partial charge in [0.2, 0.25) is 0 Å². The molecule has 0 saturated heterocycles. The summed E-state index contributed by atoms with van der Waals surface area (Å²) in [5.41, 5.74) is 3.12. The van der Waals surface area contributed by atoms with Crippen molar-refractivity contribution in [3.63, 3.8) is 0 Å². The molecule has 0 amide bonds. The van der Waals surface area contributed by atoms with E-state index in [9.17, 15) is 0 Å². The first-order valence-electron chi connectivity index (χ1n) is 7.24. The van der Waals surface area contributed by atoms with Gasteiger partial charge in [0, 0.05) is 17.5 Å². The average Bonchev–Trinajstić information content (AvgIpc) is 3.02. The van der Waals surface area contributed by atoms with Crippen molar-refractivity contribution in [2.45, 2.75) is 50.3 Å². The van der Waals surface area contributed by atoms with E-state index in [1.165, 1.54) is 25.0 Å². The zero-order chi connectivity index (χ0) is 14.1. The molecule has 2 aromatic heterocycles. The van der Waals surface area contributed by atoms with Crippen molar-refractivity contribution >= 4 is 34.5 Å². The Morgan fingerprint density at radius 1 is 1.45 bits per heavy atom. The molecule has 2 unspecified atom stereocenters. The molecule has 2 atom stereocenters. The van der Waals surface area contributed by atoms with Crippen molar-refractivity contribution in [3.8, 4) is 0 Å². The highest BCUT2D eigenvalue weighted by Crippen LogP contribution is 2.39. The monoisotopic (exact) mass is 309 g/mol. The first-order valence-corrected chi connectivity index (χ1v) is 8.82. The maximum atomic E-state index is 6.10. The minimum absolute atomic E-state index is 0.456. The third-order valence-corrected chi connectivity index (χ3v) is 5.46. The van der Waals surface area contributed by atoms with Crippen LogP contribution in [0.1, 0.15) is 43.6 Å². The molecular weight excluding hydrogens is 290 g/mol. The van der Waals surface area contributed by atoms with Crippen LogP contribution in [0.25, 0.3) is 11.2 Å². The van der Waals surface area contributed by atoms with Gasteiger partial charge in [0.1, 0.15) is 11.3 Å². The summed E-state index contributed by atoms with van der Waals surface area (Å²) in [6.07, 6.45) is 5.63. The third kappa shape index (κ3) is 2.56. The lowest BCUT2D eigenvalue weighted by Gasteiger charge is -2.15. The first kappa shape index (κ1) is 14.2. The molecule has 20 heavy (non-hydrogen) atoms. The van der Waals surface area contributed by atoms with Crippen LogP contribution < -0.4 is 0 Å². The van der Waals surface area contributed by atoms with E-state index in [-0.39, 0.29) is 0 Å². The molecule has 0 spiro atoms. The van der Waals surface area contributed by atoms with Crippen LogP contribution in [-0.4, -0.2) is 25.5 Å². The van der Waals surface area contributed by atoms with E-state index >= 15 is 0 Å². The van der Waals surface area contributed by atoms with Gasteiger partial charge in [-0.2, -0.15) is 11.8 Å². The first-order chi connectivity index (χ1) is 9.72. The minimum Gasteiger partial charge on any atom is -0.309 e. The molecule has 0 radical (unpaired) electrons. The smallest absolute Gasteiger partial charge is 0.160 e. The van der Waals surface area contributed by atoms with Crippen LogP contribution in [0, 0.1) is 6.92 Å². The van der Waals surface area contributed by atoms with Gasteiger partial charge < -0.3 is 4.57 Å². The van der Waals surface area contributed by atoms with Gasteiger partial charge in [-0.25, -0.2) is 9.97 Å². The molecule has 1 fully saturated rings. The van der Waals surface area contributed by atoms with Gasteiger partial charge in [-0.1, -0.05) is 6.92 Å². The summed E-state index contributed by atoms with van der Waals surface area (Å²) in [4.78, 5) is 9.27. The quantitative estimate of drug-likeness (QED) is 0.788. The SMILES string of the molecule is CCSC1CCC(n2c(CCl)nc3cc(C)cnc32)C1. The summed E-state index contributed by atoms with van der Waals surface area (Å²) in [5.74, 6) is 2.62. The zero-order valence-electron chi connectivity index (χ0n) is 12.0. The standard InChI is InChI=1S/C15H20ClN3S/c1-3-20-12-5-4-11(7-12)19-14(8-16)18-13-6-10(2)9-17-15(13)19/h6,9,11-12H,3-5,7-8H2,1-2H3. The Kier molecular flexibility index (Phi) is 4.22.